The van der Waals surface area contributed by atoms with Crippen LogP contribution in [0.15, 0.2) is 33.0 Å². The molecular formula is C21H30N4O3S. The highest BCUT2D eigenvalue weighted by Crippen LogP contribution is 2.24. The highest BCUT2D eigenvalue weighted by Gasteiger charge is 2.27. The second kappa shape index (κ2) is 9.45. The Kier molecular flexibility index (Phi) is 6.97. The fraction of sp³-hybridized carbons (Fsp3) is 0.524. The highest BCUT2D eigenvalue weighted by molar-refractivity contribution is 7.10. The number of aliphatic imine (C=N–C) groups is 1. The topological polar surface area (TPSA) is 90.1 Å². The number of aliphatic hydroxyl groups is 1. The number of thiophene rings is 1. The number of nitrogens with zero attached hydrogens (tertiary/aromatic N) is 2. The number of furan rings is 1. The van der Waals surface area contributed by atoms with Gasteiger partial charge in [0, 0.05) is 37.5 Å². The van der Waals surface area contributed by atoms with Gasteiger partial charge in [-0.2, -0.15) is 0 Å². The Balaban J connectivity index is 1.50. The minimum absolute atomic E-state index is 0.142. The molecule has 1 amide bonds. The number of nitrogens with one attached hydrogen (secondary N) is 2. The zero-order valence-corrected chi connectivity index (χ0v) is 18.1. The molecule has 0 aromatic carbocycles. The smallest absolute Gasteiger partial charge is 0.224 e. The number of aryl methyl sites for hydroxylation is 1. The monoisotopic (exact) mass is 418 g/mol. The Morgan fingerprint density at radius 1 is 1.38 bits per heavy atom. The van der Waals surface area contributed by atoms with E-state index in [0.29, 0.717) is 37.8 Å². The van der Waals surface area contributed by atoms with Gasteiger partial charge in [0.15, 0.2) is 5.96 Å². The van der Waals surface area contributed by atoms with Gasteiger partial charge in [0.1, 0.15) is 17.1 Å². The lowest BCUT2D eigenvalue weighted by Gasteiger charge is -2.27. The summed E-state index contributed by atoms with van der Waals surface area (Å²) < 4.78 is 5.53. The van der Waals surface area contributed by atoms with Crippen LogP contribution in [0.2, 0.25) is 0 Å². The predicted molar refractivity (Wildman–Crippen MR) is 115 cm³/mol. The molecular weight excluding hydrogens is 388 g/mol. The Morgan fingerprint density at radius 2 is 2.21 bits per heavy atom. The van der Waals surface area contributed by atoms with E-state index >= 15 is 0 Å². The van der Waals surface area contributed by atoms with Gasteiger partial charge in [-0.25, -0.2) is 4.99 Å². The summed E-state index contributed by atoms with van der Waals surface area (Å²) in [6.45, 7) is 8.31. The molecule has 0 saturated carbocycles. The van der Waals surface area contributed by atoms with E-state index in [0.717, 1.165) is 18.7 Å². The third-order valence-corrected chi connectivity index (χ3v) is 5.98. The van der Waals surface area contributed by atoms with Crippen LogP contribution in [0.5, 0.6) is 0 Å². The van der Waals surface area contributed by atoms with E-state index in [-0.39, 0.29) is 12.5 Å². The molecule has 2 aromatic rings. The van der Waals surface area contributed by atoms with Crippen LogP contribution in [0.25, 0.3) is 0 Å². The summed E-state index contributed by atoms with van der Waals surface area (Å²) in [6, 6.07) is 5.70. The van der Waals surface area contributed by atoms with E-state index in [1.165, 1.54) is 10.4 Å². The molecule has 1 aliphatic rings. The minimum Gasteiger partial charge on any atom is -0.463 e. The zero-order valence-electron chi connectivity index (χ0n) is 17.3. The molecule has 0 fully saturated rings. The molecule has 0 radical (unpaired) electrons. The second-order valence-corrected chi connectivity index (χ2v) is 8.49. The lowest BCUT2D eigenvalue weighted by molar-refractivity contribution is -0.131. The summed E-state index contributed by atoms with van der Waals surface area (Å²) >= 11 is 1.77. The van der Waals surface area contributed by atoms with Crippen LogP contribution in [-0.4, -0.2) is 48.1 Å². The number of amides is 1. The molecule has 29 heavy (non-hydrogen) atoms. The first-order valence-corrected chi connectivity index (χ1v) is 10.9. The maximum atomic E-state index is 12.6. The van der Waals surface area contributed by atoms with Crippen molar-refractivity contribution in [3.63, 3.8) is 0 Å². The number of hydrogen-bond acceptors (Lipinski definition) is 5. The molecule has 158 valence electrons. The Labute approximate surface area is 175 Å². The van der Waals surface area contributed by atoms with Crippen LogP contribution >= 0.6 is 11.3 Å². The first-order valence-electron chi connectivity index (χ1n) is 10.0. The average molecular weight is 419 g/mol. The lowest BCUT2D eigenvalue weighted by atomic mass is 10.0. The largest absolute Gasteiger partial charge is 0.463 e. The SMILES string of the molecule is CCNC(=NCC(C)(O)c1ccc(C)o1)NCCC(=O)N1CCc2sccc2C1. The third kappa shape index (κ3) is 5.61. The zero-order chi connectivity index (χ0) is 20.9. The van der Waals surface area contributed by atoms with Gasteiger partial charge in [0.25, 0.3) is 0 Å². The normalized spacial score (nSPS) is 16.3. The van der Waals surface area contributed by atoms with Crippen molar-refractivity contribution in [2.45, 2.75) is 45.8 Å². The quantitative estimate of drug-likeness (QED) is 0.475. The average Bonchev–Trinajstić information content (AvgIpc) is 3.34. The van der Waals surface area contributed by atoms with Crippen molar-refractivity contribution in [2.75, 3.05) is 26.2 Å². The van der Waals surface area contributed by atoms with E-state index in [1.54, 1.807) is 24.3 Å². The summed E-state index contributed by atoms with van der Waals surface area (Å²) in [4.78, 5) is 20.3. The molecule has 1 atom stereocenters. The molecule has 1 aliphatic heterocycles. The highest BCUT2D eigenvalue weighted by atomic mass is 32.1. The van der Waals surface area contributed by atoms with Crippen LogP contribution < -0.4 is 10.6 Å². The van der Waals surface area contributed by atoms with Gasteiger partial charge < -0.3 is 25.1 Å². The van der Waals surface area contributed by atoms with Gasteiger partial charge in [-0.1, -0.05) is 0 Å². The predicted octanol–water partition coefficient (Wildman–Crippen LogP) is 2.39. The molecule has 8 heteroatoms. The van der Waals surface area contributed by atoms with E-state index in [9.17, 15) is 9.90 Å². The molecule has 3 rings (SSSR count). The van der Waals surface area contributed by atoms with Crippen molar-refractivity contribution in [3.05, 3.63) is 45.5 Å². The van der Waals surface area contributed by atoms with Gasteiger partial charge in [-0.15, -0.1) is 11.3 Å². The van der Waals surface area contributed by atoms with Gasteiger partial charge in [-0.05, 0) is 56.3 Å². The molecule has 2 aromatic heterocycles. The van der Waals surface area contributed by atoms with Crippen molar-refractivity contribution in [1.82, 2.24) is 15.5 Å². The summed E-state index contributed by atoms with van der Waals surface area (Å²) in [6.07, 6.45) is 1.34. The van der Waals surface area contributed by atoms with E-state index in [2.05, 4.69) is 27.1 Å². The van der Waals surface area contributed by atoms with Gasteiger partial charge in [-0.3, -0.25) is 4.79 Å². The van der Waals surface area contributed by atoms with Gasteiger partial charge in [0.2, 0.25) is 5.91 Å². The van der Waals surface area contributed by atoms with Crippen LogP contribution in [0.1, 0.15) is 42.2 Å². The van der Waals surface area contributed by atoms with Crippen LogP contribution in [-0.2, 0) is 23.4 Å². The van der Waals surface area contributed by atoms with Gasteiger partial charge in [0.05, 0.1) is 6.54 Å². The maximum Gasteiger partial charge on any atom is 0.224 e. The molecule has 0 spiro atoms. The first kappa shape index (κ1) is 21.4. The molecule has 3 heterocycles. The molecule has 7 nitrogen and oxygen atoms in total. The number of carbonyl (C=O) groups excluding carboxylic acids is 1. The van der Waals surface area contributed by atoms with E-state index in [1.807, 2.05) is 24.8 Å². The maximum absolute atomic E-state index is 12.6. The van der Waals surface area contributed by atoms with E-state index in [4.69, 9.17) is 4.42 Å². The Hall–Kier alpha value is -2.32. The Morgan fingerprint density at radius 3 is 2.93 bits per heavy atom. The lowest BCUT2D eigenvalue weighted by Crippen LogP contribution is -2.41. The standard InChI is InChI=1S/C21H30N4O3S/c1-4-22-20(24-14-21(3,27)18-6-5-15(2)28-18)23-10-7-19(26)25-11-8-17-16(13-25)9-12-29-17/h5-6,9,12,27H,4,7-8,10-11,13-14H2,1-3H3,(H2,22,23,24). The molecule has 0 bridgehead atoms. The minimum atomic E-state index is -1.20. The van der Waals surface area contributed by atoms with Crippen molar-refractivity contribution in [2.24, 2.45) is 4.99 Å². The van der Waals surface area contributed by atoms with Crippen molar-refractivity contribution >= 4 is 23.2 Å². The van der Waals surface area contributed by atoms with Crippen LogP contribution in [0.3, 0.4) is 0 Å². The molecule has 0 aliphatic carbocycles. The summed E-state index contributed by atoms with van der Waals surface area (Å²) in [5.41, 5.74) is 0.0752. The number of rotatable bonds is 7. The first-order chi connectivity index (χ1) is 13.9. The molecule has 3 N–H and O–H groups in total. The second-order valence-electron chi connectivity index (χ2n) is 7.49. The van der Waals surface area contributed by atoms with Gasteiger partial charge >= 0.3 is 0 Å². The third-order valence-electron chi connectivity index (χ3n) is 4.95. The fourth-order valence-electron chi connectivity index (χ4n) is 3.28. The van der Waals surface area contributed by atoms with Crippen molar-refractivity contribution < 1.29 is 14.3 Å². The van der Waals surface area contributed by atoms with Crippen molar-refractivity contribution in [3.8, 4) is 0 Å². The number of guanidine groups is 1. The summed E-state index contributed by atoms with van der Waals surface area (Å²) in [5, 5.41) is 19.1. The van der Waals surface area contributed by atoms with Crippen molar-refractivity contribution in [1.29, 1.82) is 0 Å². The summed E-state index contributed by atoms with van der Waals surface area (Å²) in [5.74, 6) is 1.95. The van der Waals surface area contributed by atoms with Crippen LogP contribution in [0.4, 0.5) is 0 Å². The number of fused-ring (bicyclic) bond motifs is 1. The number of carbonyl (C=O) groups is 1. The Bertz CT molecular complexity index is 856. The van der Waals surface area contributed by atoms with E-state index < -0.39 is 5.60 Å². The summed E-state index contributed by atoms with van der Waals surface area (Å²) in [7, 11) is 0. The molecule has 1 unspecified atom stereocenters. The molecule has 0 saturated heterocycles. The van der Waals surface area contributed by atoms with Crippen LogP contribution in [0, 0.1) is 6.92 Å². The fourth-order valence-corrected chi connectivity index (χ4v) is 4.17. The number of hydrogen-bond donors (Lipinski definition) is 3.